The number of nitriles is 1. The molecule has 2 rings (SSSR count). The summed E-state index contributed by atoms with van der Waals surface area (Å²) in [7, 11) is -3.72. The summed E-state index contributed by atoms with van der Waals surface area (Å²) in [6, 6.07) is 4.31. The number of halogens is 3. The Balaban J connectivity index is 2.27. The van der Waals surface area contributed by atoms with Gasteiger partial charge in [0, 0.05) is 35.1 Å². The SMILES string of the molecule is N#CCN1CCN(S(=O)(=O)c2c(Br)cc(F)cc2Br)CC1. The molecule has 0 saturated carbocycles. The Morgan fingerprint density at radius 2 is 1.71 bits per heavy atom. The van der Waals surface area contributed by atoms with Crippen LogP contribution in [0, 0.1) is 17.1 Å². The molecule has 1 aliphatic rings. The van der Waals surface area contributed by atoms with Crippen LogP contribution in [0.4, 0.5) is 4.39 Å². The van der Waals surface area contributed by atoms with Crippen LogP contribution in [0.2, 0.25) is 0 Å². The Bertz CT molecular complexity index is 659. The second-order valence-electron chi connectivity index (χ2n) is 4.54. The van der Waals surface area contributed by atoms with E-state index in [1.54, 1.807) is 0 Å². The van der Waals surface area contributed by atoms with Crippen molar-refractivity contribution in [2.75, 3.05) is 32.7 Å². The van der Waals surface area contributed by atoms with Crippen LogP contribution in [-0.4, -0.2) is 50.3 Å². The molecule has 0 amide bonds. The maximum atomic E-state index is 13.3. The van der Waals surface area contributed by atoms with Crippen molar-refractivity contribution in [3.8, 4) is 6.07 Å². The van der Waals surface area contributed by atoms with Crippen LogP contribution < -0.4 is 0 Å². The predicted octanol–water partition coefficient (Wildman–Crippen LogP) is 2.18. The summed E-state index contributed by atoms with van der Waals surface area (Å²) < 4.78 is 40.3. The number of hydrogen-bond acceptors (Lipinski definition) is 4. The number of nitrogens with zero attached hydrogens (tertiary/aromatic N) is 3. The third-order valence-electron chi connectivity index (χ3n) is 3.19. The minimum absolute atomic E-state index is 0.0256. The quantitative estimate of drug-likeness (QED) is 0.675. The van der Waals surface area contributed by atoms with Crippen molar-refractivity contribution in [3.05, 3.63) is 26.9 Å². The van der Waals surface area contributed by atoms with Crippen molar-refractivity contribution in [2.45, 2.75) is 4.90 Å². The number of rotatable bonds is 3. The number of hydrogen-bond donors (Lipinski definition) is 0. The van der Waals surface area contributed by atoms with E-state index in [0.717, 1.165) is 12.1 Å². The minimum atomic E-state index is -3.72. The van der Waals surface area contributed by atoms with E-state index in [0.29, 0.717) is 26.2 Å². The lowest BCUT2D eigenvalue weighted by molar-refractivity contribution is 0.206. The molecule has 9 heteroatoms. The molecular weight excluding hydrogens is 429 g/mol. The number of benzene rings is 1. The normalized spacial score (nSPS) is 17.6. The van der Waals surface area contributed by atoms with E-state index in [4.69, 9.17) is 5.26 Å². The zero-order valence-corrected chi connectivity index (χ0v) is 14.9. The van der Waals surface area contributed by atoms with Gasteiger partial charge in [0.1, 0.15) is 10.7 Å². The van der Waals surface area contributed by atoms with Crippen LogP contribution >= 0.6 is 31.9 Å². The average Bonchev–Trinajstić information content (AvgIpc) is 2.38. The molecule has 1 aliphatic heterocycles. The Hall–Kier alpha value is -0.530. The van der Waals surface area contributed by atoms with E-state index < -0.39 is 15.8 Å². The molecule has 0 aliphatic carbocycles. The molecule has 5 nitrogen and oxygen atoms in total. The monoisotopic (exact) mass is 439 g/mol. The highest BCUT2D eigenvalue weighted by Crippen LogP contribution is 2.33. The second-order valence-corrected chi connectivity index (χ2v) is 8.12. The third-order valence-corrected chi connectivity index (χ3v) is 6.96. The highest BCUT2D eigenvalue weighted by atomic mass is 79.9. The Labute approximate surface area is 139 Å². The van der Waals surface area contributed by atoms with Crippen LogP contribution in [0.15, 0.2) is 26.0 Å². The fourth-order valence-electron chi connectivity index (χ4n) is 2.13. The molecule has 0 spiro atoms. The van der Waals surface area contributed by atoms with Crippen molar-refractivity contribution in [1.82, 2.24) is 9.21 Å². The first kappa shape index (κ1) is 16.8. The van der Waals surface area contributed by atoms with E-state index in [1.807, 2.05) is 11.0 Å². The maximum absolute atomic E-state index is 13.3. The van der Waals surface area contributed by atoms with Gasteiger partial charge in [-0.2, -0.15) is 9.57 Å². The predicted molar refractivity (Wildman–Crippen MR) is 82.6 cm³/mol. The first-order valence-corrected chi connectivity index (χ1v) is 9.13. The number of sulfonamides is 1. The summed E-state index contributed by atoms with van der Waals surface area (Å²) in [5, 5.41) is 8.65. The molecule has 114 valence electrons. The Morgan fingerprint density at radius 1 is 1.19 bits per heavy atom. The summed E-state index contributed by atoms with van der Waals surface area (Å²) in [6.07, 6.45) is 0. The van der Waals surface area contributed by atoms with Crippen LogP contribution in [-0.2, 0) is 10.0 Å². The van der Waals surface area contributed by atoms with Gasteiger partial charge in [-0.3, -0.25) is 4.90 Å². The number of piperazine rings is 1. The van der Waals surface area contributed by atoms with Gasteiger partial charge in [-0.1, -0.05) is 0 Å². The summed E-state index contributed by atoms with van der Waals surface area (Å²) in [5.41, 5.74) is 0. The molecule has 1 saturated heterocycles. The minimum Gasteiger partial charge on any atom is -0.288 e. The van der Waals surface area contributed by atoms with Gasteiger partial charge in [-0.25, -0.2) is 12.8 Å². The van der Waals surface area contributed by atoms with Gasteiger partial charge in [0.2, 0.25) is 10.0 Å². The molecular formula is C12H12Br2FN3O2S. The zero-order chi connectivity index (χ0) is 15.6. The molecule has 1 aromatic rings. The van der Waals surface area contributed by atoms with Gasteiger partial charge in [0.15, 0.2) is 0 Å². The van der Waals surface area contributed by atoms with Gasteiger partial charge in [-0.15, -0.1) is 0 Å². The largest absolute Gasteiger partial charge is 0.288 e. The topological polar surface area (TPSA) is 64.4 Å². The van der Waals surface area contributed by atoms with Crippen molar-refractivity contribution in [3.63, 3.8) is 0 Å². The van der Waals surface area contributed by atoms with E-state index in [9.17, 15) is 12.8 Å². The molecule has 0 unspecified atom stereocenters. The molecule has 0 atom stereocenters. The summed E-state index contributed by atoms with van der Waals surface area (Å²) in [4.78, 5) is 1.92. The van der Waals surface area contributed by atoms with Crippen molar-refractivity contribution in [2.24, 2.45) is 0 Å². The lowest BCUT2D eigenvalue weighted by Crippen LogP contribution is -2.48. The molecule has 1 aromatic carbocycles. The zero-order valence-electron chi connectivity index (χ0n) is 10.9. The van der Waals surface area contributed by atoms with Gasteiger partial charge in [-0.05, 0) is 44.0 Å². The van der Waals surface area contributed by atoms with Gasteiger partial charge in [0.25, 0.3) is 0 Å². The fraction of sp³-hybridized carbons (Fsp3) is 0.417. The molecule has 1 fully saturated rings. The second kappa shape index (κ2) is 6.71. The van der Waals surface area contributed by atoms with E-state index in [1.165, 1.54) is 4.31 Å². The van der Waals surface area contributed by atoms with E-state index in [2.05, 4.69) is 31.9 Å². The first-order chi connectivity index (χ1) is 9.86. The smallest absolute Gasteiger partial charge is 0.245 e. The van der Waals surface area contributed by atoms with Crippen molar-refractivity contribution < 1.29 is 12.8 Å². The molecule has 1 heterocycles. The molecule has 0 radical (unpaired) electrons. The van der Waals surface area contributed by atoms with Gasteiger partial charge in [0.05, 0.1) is 12.6 Å². The summed E-state index contributed by atoms with van der Waals surface area (Å²) in [5.74, 6) is -0.522. The van der Waals surface area contributed by atoms with Crippen LogP contribution in [0.3, 0.4) is 0 Å². The Kier molecular flexibility index (Phi) is 5.38. The van der Waals surface area contributed by atoms with Gasteiger partial charge < -0.3 is 0 Å². The van der Waals surface area contributed by atoms with E-state index in [-0.39, 0.29) is 20.4 Å². The lowest BCUT2D eigenvalue weighted by Gasteiger charge is -2.32. The fourth-order valence-corrected chi connectivity index (χ4v) is 6.00. The van der Waals surface area contributed by atoms with Crippen LogP contribution in [0.1, 0.15) is 0 Å². The molecule has 21 heavy (non-hydrogen) atoms. The van der Waals surface area contributed by atoms with Crippen LogP contribution in [0.25, 0.3) is 0 Å². The first-order valence-electron chi connectivity index (χ1n) is 6.10. The van der Waals surface area contributed by atoms with Gasteiger partial charge >= 0.3 is 0 Å². The van der Waals surface area contributed by atoms with Crippen molar-refractivity contribution >= 4 is 41.9 Å². The average molecular weight is 441 g/mol. The third kappa shape index (κ3) is 3.63. The summed E-state index contributed by atoms with van der Waals surface area (Å²) in [6.45, 7) is 1.91. The maximum Gasteiger partial charge on any atom is 0.245 e. The highest BCUT2D eigenvalue weighted by Gasteiger charge is 2.31. The van der Waals surface area contributed by atoms with E-state index >= 15 is 0 Å². The lowest BCUT2D eigenvalue weighted by atomic mass is 10.3. The standard InChI is InChI=1S/C12H12Br2FN3O2S/c13-10-7-9(15)8-11(14)12(10)21(19,20)18-5-3-17(2-1-16)4-6-18/h7-8H,2-6H2. The molecule has 0 N–H and O–H groups in total. The van der Waals surface area contributed by atoms with Crippen LogP contribution in [0.5, 0.6) is 0 Å². The highest BCUT2D eigenvalue weighted by molar-refractivity contribution is 9.11. The summed E-state index contributed by atoms with van der Waals surface area (Å²) >= 11 is 6.22. The van der Waals surface area contributed by atoms with Crippen molar-refractivity contribution in [1.29, 1.82) is 5.26 Å². The molecule has 0 aromatic heterocycles. The molecule has 0 bridgehead atoms. The Morgan fingerprint density at radius 3 is 2.19 bits per heavy atom.